The standard InChI is InChI=1S/C27H32Cl2N4O4/c1-7-10-32(26(35)17-11-19(36-5)14-20(12-17)37-6)16-25(34)30-24-15-23(27(2,3)4)31-33(24)18-8-9-21(28)22(29)13-18/h8-9,11-15H,7,10,16H2,1-6H3,(H,30,34). The van der Waals surface area contributed by atoms with Crippen LogP contribution in [0.1, 0.15) is 50.2 Å². The Morgan fingerprint density at radius 1 is 1.00 bits per heavy atom. The van der Waals surface area contributed by atoms with Gasteiger partial charge in [-0.15, -0.1) is 0 Å². The molecule has 1 heterocycles. The number of nitrogens with one attached hydrogen (secondary N) is 1. The topological polar surface area (TPSA) is 85.7 Å². The SMILES string of the molecule is CCCN(CC(=O)Nc1cc(C(C)(C)C)nn1-c1ccc(Cl)c(Cl)c1)C(=O)c1cc(OC)cc(OC)c1. The maximum Gasteiger partial charge on any atom is 0.254 e. The number of amides is 2. The molecule has 8 nitrogen and oxygen atoms in total. The van der Waals surface area contributed by atoms with Crippen LogP contribution >= 0.6 is 23.2 Å². The van der Waals surface area contributed by atoms with Gasteiger partial charge in [0.25, 0.3) is 5.91 Å². The van der Waals surface area contributed by atoms with Crippen molar-refractivity contribution in [1.82, 2.24) is 14.7 Å². The summed E-state index contributed by atoms with van der Waals surface area (Å²) in [6.07, 6.45) is 0.676. The Kier molecular flexibility index (Phi) is 9.10. The molecule has 0 radical (unpaired) electrons. The van der Waals surface area contributed by atoms with E-state index < -0.39 is 0 Å². The first-order valence-electron chi connectivity index (χ1n) is 11.8. The highest BCUT2D eigenvalue weighted by molar-refractivity contribution is 6.42. The molecule has 3 aromatic rings. The number of benzene rings is 2. The quantitative estimate of drug-likeness (QED) is 0.356. The van der Waals surface area contributed by atoms with Gasteiger partial charge in [0.15, 0.2) is 0 Å². The largest absolute Gasteiger partial charge is 0.497 e. The highest BCUT2D eigenvalue weighted by atomic mass is 35.5. The number of ether oxygens (including phenoxy) is 2. The molecule has 10 heteroatoms. The Morgan fingerprint density at radius 3 is 2.19 bits per heavy atom. The van der Waals surface area contributed by atoms with E-state index in [2.05, 4.69) is 5.32 Å². The number of methoxy groups -OCH3 is 2. The van der Waals surface area contributed by atoms with Crippen LogP contribution in [0.25, 0.3) is 5.69 Å². The maximum absolute atomic E-state index is 13.3. The number of carbonyl (C=O) groups excluding carboxylic acids is 2. The van der Waals surface area contributed by atoms with Crippen LogP contribution in [0, 0.1) is 0 Å². The van der Waals surface area contributed by atoms with E-state index in [1.807, 2.05) is 33.8 Å². The van der Waals surface area contributed by atoms with Gasteiger partial charge in [0.1, 0.15) is 23.9 Å². The molecule has 198 valence electrons. The fourth-order valence-corrected chi connectivity index (χ4v) is 3.93. The van der Waals surface area contributed by atoms with Gasteiger partial charge in [-0.1, -0.05) is 50.9 Å². The van der Waals surface area contributed by atoms with Gasteiger partial charge in [-0.25, -0.2) is 4.68 Å². The summed E-state index contributed by atoms with van der Waals surface area (Å²) >= 11 is 12.3. The zero-order chi connectivity index (χ0) is 27.3. The highest BCUT2D eigenvalue weighted by Crippen LogP contribution is 2.30. The van der Waals surface area contributed by atoms with Crippen molar-refractivity contribution in [3.05, 3.63) is 63.8 Å². The fourth-order valence-electron chi connectivity index (χ4n) is 3.64. The normalized spacial score (nSPS) is 11.2. The number of halogens is 2. The molecule has 2 amide bonds. The minimum Gasteiger partial charge on any atom is -0.497 e. The molecule has 2 aromatic carbocycles. The van der Waals surface area contributed by atoms with Crippen LogP contribution < -0.4 is 14.8 Å². The molecular formula is C27H32Cl2N4O4. The average molecular weight is 547 g/mol. The molecule has 37 heavy (non-hydrogen) atoms. The molecule has 1 aromatic heterocycles. The third kappa shape index (κ3) is 6.96. The van der Waals surface area contributed by atoms with Gasteiger partial charge < -0.3 is 19.7 Å². The number of aromatic nitrogens is 2. The first-order chi connectivity index (χ1) is 17.5. The van der Waals surface area contributed by atoms with Crippen LogP contribution in [0.2, 0.25) is 10.0 Å². The van der Waals surface area contributed by atoms with Crippen LogP contribution in [0.15, 0.2) is 42.5 Å². The molecule has 0 aliphatic heterocycles. The van der Waals surface area contributed by atoms with Gasteiger partial charge in [0, 0.05) is 29.7 Å². The summed E-state index contributed by atoms with van der Waals surface area (Å²) in [5.41, 5.74) is 1.52. The molecule has 0 aliphatic carbocycles. The van der Waals surface area contributed by atoms with E-state index in [4.69, 9.17) is 37.8 Å². The third-order valence-electron chi connectivity index (χ3n) is 5.61. The number of nitrogens with zero attached hydrogens (tertiary/aromatic N) is 3. The van der Waals surface area contributed by atoms with Crippen molar-refractivity contribution in [2.45, 2.75) is 39.5 Å². The van der Waals surface area contributed by atoms with Crippen molar-refractivity contribution in [2.75, 3.05) is 32.6 Å². The molecule has 0 spiro atoms. The summed E-state index contributed by atoms with van der Waals surface area (Å²) in [4.78, 5) is 28.0. The molecule has 0 fully saturated rings. The van der Waals surface area contributed by atoms with Gasteiger partial charge in [-0.05, 0) is 36.8 Å². The van der Waals surface area contributed by atoms with Crippen molar-refractivity contribution in [2.24, 2.45) is 0 Å². The lowest BCUT2D eigenvalue weighted by atomic mass is 9.92. The monoisotopic (exact) mass is 546 g/mol. The van der Waals surface area contributed by atoms with E-state index in [0.717, 1.165) is 5.69 Å². The van der Waals surface area contributed by atoms with E-state index in [1.165, 1.54) is 19.1 Å². The molecule has 0 saturated carbocycles. The first kappa shape index (κ1) is 28.3. The predicted octanol–water partition coefficient (Wildman–Crippen LogP) is 5.98. The second kappa shape index (κ2) is 11.9. The number of carbonyl (C=O) groups is 2. The second-order valence-electron chi connectivity index (χ2n) is 9.55. The van der Waals surface area contributed by atoms with Gasteiger partial charge >= 0.3 is 0 Å². The smallest absolute Gasteiger partial charge is 0.254 e. The zero-order valence-corrected chi connectivity index (χ0v) is 23.4. The molecule has 0 unspecified atom stereocenters. The Bertz CT molecular complexity index is 1260. The minimum atomic E-state index is -0.363. The molecule has 0 bridgehead atoms. The number of hydrogen-bond acceptors (Lipinski definition) is 5. The summed E-state index contributed by atoms with van der Waals surface area (Å²) in [5, 5.41) is 8.41. The van der Waals surface area contributed by atoms with Crippen molar-refractivity contribution in [3.8, 4) is 17.2 Å². The van der Waals surface area contributed by atoms with Crippen LogP contribution in [0.4, 0.5) is 5.82 Å². The number of rotatable bonds is 9. The number of anilines is 1. The first-order valence-corrected chi connectivity index (χ1v) is 12.6. The molecular weight excluding hydrogens is 515 g/mol. The molecule has 0 aliphatic rings. The van der Waals surface area contributed by atoms with Crippen molar-refractivity contribution < 1.29 is 19.1 Å². The Morgan fingerprint density at radius 2 is 1.65 bits per heavy atom. The summed E-state index contributed by atoms with van der Waals surface area (Å²) in [5.74, 6) is 0.772. The molecule has 1 N–H and O–H groups in total. The number of hydrogen-bond donors (Lipinski definition) is 1. The minimum absolute atomic E-state index is 0.149. The Hall–Kier alpha value is -3.23. The second-order valence-corrected chi connectivity index (χ2v) is 10.4. The summed E-state index contributed by atoms with van der Waals surface area (Å²) in [6, 6.07) is 11.9. The fraction of sp³-hybridized carbons (Fsp3) is 0.370. The van der Waals surface area contributed by atoms with Gasteiger partial charge in [0.05, 0.1) is 35.6 Å². The van der Waals surface area contributed by atoms with Crippen molar-refractivity contribution in [3.63, 3.8) is 0 Å². The van der Waals surface area contributed by atoms with Crippen molar-refractivity contribution in [1.29, 1.82) is 0 Å². The van der Waals surface area contributed by atoms with E-state index >= 15 is 0 Å². The van der Waals surface area contributed by atoms with Gasteiger partial charge in [0.2, 0.25) is 5.91 Å². The van der Waals surface area contributed by atoms with E-state index in [9.17, 15) is 9.59 Å². The van der Waals surface area contributed by atoms with Crippen LogP contribution in [-0.4, -0.2) is 53.8 Å². The molecule has 0 atom stereocenters. The van der Waals surface area contributed by atoms with Crippen LogP contribution in [0.5, 0.6) is 11.5 Å². The summed E-state index contributed by atoms with van der Waals surface area (Å²) in [7, 11) is 3.03. The summed E-state index contributed by atoms with van der Waals surface area (Å²) in [6.45, 7) is 8.28. The van der Waals surface area contributed by atoms with E-state index in [1.54, 1.807) is 41.1 Å². The van der Waals surface area contributed by atoms with Gasteiger partial charge in [-0.3, -0.25) is 9.59 Å². The van der Waals surface area contributed by atoms with Gasteiger partial charge in [-0.2, -0.15) is 5.10 Å². The third-order valence-corrected chi connectivity index (χ3v) is 6.35. The highest BCUT2D eigenvalue weighted by Gasteiger charge is 2.24. The Balaban J connectivity index is 1.89. The Labute approximate surface area is 227 Å². The average Bonchev–Trinajstić information content (AvgIpc) is 3.28. The summed E-state index contributed by atoms with van der Waals surface area (Å²) < 4.78 is 12.2. The lowest BCUT2D eigenvalue weighted by Gasteiger charge is -2.22. The molecule has 0 saturated heterocycles. The lowest BCUT2D eigenvalue weighted by molar-refractivity contribution is -0.116. The van der Waals surface area contributed by atoms with Crippen LogP contribution in [0.3, 0.4) is 0 Å². The molecule has 3 rings (SSSR count). The van der Waals surface area contributed by atoms with E-state index in [0.29, 0.717) is 51.6 Å². The maximum atomic E-state index is 13.3. The lowest BCUT2D eigenvalue weighted by Crippen LogP contribution is -2.38. The predicted molar refractivity (Wildman–Crippen MR) is 147 cm³/mol. The zero-order valence-electron chi connectivity index (χ0n) is 21.9. The van der Waals surface area contributed by atoms with Crippen molar-refractivity contribution >= 4 is 40.8 Å². The van der Waals surface area contributed by atoms with Crippen LogP contribution in [-0.2, 0) is 10.2 Å². The van der Waals surface area contributed by atoms with E-state index in [-0.39, 0.29) is 23.8 Å².